The highest BCUT2D eigenvalue weighted by molar-refractivity contribution is 7.46. The molecule has 0 atom stereocenters. The van der Waals surface area contributed by atoms with Gasteiger partial charge in [0, 0.05) is 24.8 Å². The standard InChI is InChI=1S/C37H34F2N10O14P2/c38-26-18-24(36(52)60-12-14-62-64(54,55)56)30(42-34(50)28-4-6-32(46-44-28)48-10-8-40-20-48)16-22(26)2-1-3-23-17-31(25(19-27(23)39)37(53)61-13-15-63-65(57,58)59)43-35(51)29-5-7-33(47-45-29)49-11-9-41-21-49/h4-11,16-21H,1-3,12-15H2,(H,42,50)(H,43,51)(H2,54,55,56)(H2,57,58,59). The highest BCUT2D eigenvalue weighted by Gasteiger charge is 2.24. The van der Waals surface area contributed by atoms with Crippen LogP contribution in [0.5, 0.6) is 0 Å². The molecule has 2 aromatic carbocycles. The van der Waals surface area contributed by atoms with E-state index in [9.17, 15) is 28.3 Å². The van der Waals surface area contributed by atoms with Crippen molar-refractivity contribution in [2.75, 3.05) is 37.1 Å². The van der Waals surface area contributed by atoms with E-state index in [1.165, 1.54) is 58.4 Å². The number of benzene rings is 2. The molecule has 0 unspecified atom stereocenters. The van der Waals surface area contributed by atoms with Crippen LogP contribution in [0.3, 0.4) is 0 Å². The number of phosphoric ester groups is 2. The Balaban J connectivity index is 1.21. The SMILES string of the molecule is O=C(Nc1cc(CCCc2cc(NC(=O)c3ccc(-n4ccnc4)nn3)c(C(=O)OCCOP(=O)(O)O)cc2F)c(F)cc1C(=O)OCCOP(=O)(O)O)c1ccc(-n2ccnc2)nn1. The molecule has 4 heterocycles. The molecule has 0 radical (unpaired) electrons. The molecule has 6 aromatic rings. The molecule has 6 N–H and O–H groups in total. The average Bonchev–Trinajstić information content (AvgIpc) is 4.02. The third-order valence-corrected chi connectivity index (χ3v) is 9.70. The summed E-state index contributed by atoms with van der Waals surface area (Å²) in [7, 11) is -9.80. The Labute approximate surface area is 364 Å². The van der Waals surface area contributed by atoms with Gasteiger partial charge in [-0.2, -0.15) is 0 Å². The van der Waals surface area contributed by atoms with Gasteiger partial charge in [0.05, 0.1) is 35.7 Å². The molecule has 24 nitrogen and oxygen atoms in total. The number of ether oxygens (including phenoxy) is 2. The number of nitrogens with one attached hydrogen (secondary N) is 2. The van der Waals surface area contributed by atoms with Crippen LogP contribution in [0.25, 0.3) is 11.6 Å². The van der Waals surface area contributed by atoms with Crippen molar-refractivity contribution in [3.8, 4) is 11.6 Å². The van der Waals surface area contributed by atoms with Gasteiger partial charge in [-0.05, 0) is 78.9 Å². The van der Waals surface area contributed by atoms with Crippen molar-refractivity contribution in [2.45, 2.75) is 19.3 Å². The van der Waals surface area contributed by atoms with E-state index in [2.05, 4.69) is 50.0 Å². The Morgan fingerprint density at radius 1 is 0.600 bits per heavy atom. The minimum absolute atomic E-state index is 0.00992. The van der Waals surface area contributed by atoms with Gasteiger partial charge in [0.1, 0.15) is 37.5 Å². The van der Waals surface area contributed by atoms with Crippen LogP contribution in [0.4, 0.5) is 20.2 Å². The van der Waals surface area contributed by atoms with Crippen LogP contribution in [0.15, 0.2) is 86.0 Å². The number of carbonyl (C=O) groups excluding carboxylic acids is 4. The van der Waals surface area contributed by atoms with E-state index in [1.54, 1.807) is 12.4 Å². The molecule has 0 spiro atoms. The highest BCUT2D eigenvalue weighted by atomic mass is 31.2. The zero-order valence-corrected chi connectivity index (χ0v) is 34.9. The van der Waals surface area contributed by atoms with Gasteiger partial charge in [-0.1, -0.05) is 0 Å². The fraction of sp³-hybridized carbons (Fsp3) is 0.189. The quantitative estimate of drug-likeness (QED) is 0.0364. The summed E-state index contributed by atoms with van der Waals surface area (Å²) in [6, 6.07) is 9.33. The zero-order valence-electron chi connectivity index (χ0n) is 33.1. The van der Waals surface area contributed by atoms with Crippen molar-refractivity contribution in [2.24, 2.45) is 0 Å². The number of halogens is 2. The molecule has 0 aliphatic rings. The van der Waals surface area contributed by atoms with Gasteiger partial charge in [-0.3, -0.25) is 27.8 Å². The molecule has 0 aliphatic heterocycles. The van der Waals surface area contributed by atoms with E-state index in [-0.39, 0.29) is 53.2 Å². The predicted molar refractivity (Wildman–Crippen MR) is 216 cm³/mol. The maximum absolute atomic E-state index is 15.7. The molecule has 6 rings (SSSR count). The summed E-state index contributed by atoms with van der Waals surface area (Å²) in [5.74, 6) is -5.43. The first-order chi connectivity index (χ1) is 30.9. The van der Waals surface area contributed by atoms with Crippen LogP contribution < -0.4 is 10.6 Å². The molecular weight excluding hydrogens is 908 g/mol. The first kappa shape index (κ1) is 47.5. The first-order valence-corrected chi connectivity index (χ1v) is 21.7. The van der Waals surface area contributed by atoms with Gasteiger partial charge < -0.3 is 39.7 Å². The van der Waals surface area contributed by atoms with E-state index in [1.807, 2.05) is 0 Å². The number of anilines is 2. The Hall–Kier alpha value is -7.02. The fourth-order valence-corrected chi connectivity index (χ4v) is 6.32. The largest absolute Gasteiger partial charge is 0.469 e. The second-order valence-corrected chi connectivity index (χ2v) is 15.6. The van der Waals surface area contributed by atoms with Gasteiger partial charge in [-0.25, -0.2) is 37.5 Å². The molecule has 340 valence electrons. The van der Waals surface area contributed by atoms with Crippen LogP contribution in [0.1, 0.15) is 59.2 Å². The van der Waals surface area contributed by atoms with E-state index in [0.29, 0.717) is 11.6 Å². The van der Waals surface area contributed by atoms with E-state index < -0.39 is 88.6 Å². The topological polar surface area (TPSA) is 332 Å². The lowest BCUT2D eigenvalue weighted by atomic mass is 9.99. The minimum atomic E-state index is -4.90. The number of nitrogens with zero attached hydrogens (tertiary/aromatic N) is 8. The van der Waals surface area contributed by atoms with Crippen molar-refractivity contribution in [3.63, 3.8) is 0 Å². The summed E-state index contributed by atoms with van der Waals surface area (Å²) >= 11 is 0. The van der Waals surface area contributed by atoms with E-state index in [4.69, 9.17) is 29.0 Å². The zero-order chi connectivity index (χ0) is 46.7. The number of imidazole rings is 2. The predicted octanol–water partition coefficient (Wildman–Crippen LogP) is 3.13. The second-order valence-electron chi connectivity index (χ2n) is 13.2. The number of hydrogen-bond donors (Lipinski definition) is 6. The molecular formula is C37H34F2N10O14P2. The van der Waals surface area contributed by atoms with Gasteiger partial charge in [0.2, 0.25) is 0 Å². The molecule has 65 heavy (non-hydrogen) atoms. The number of amides is 2. The Bertz CT molecular complexity index is 2570. The van der Waals surface area contributed by atoms with Crippen LogP contribution in [0, 0.1) is 11.6 Å². The molecule has 0 fully saturated rings. The summed E-state index contributed by atoms with van der Waals surface area (Å²) in [6.07, 6.45) is 8.76. The highest BCUT2D eigenvalue weighted by Crippen LogP contribution is 2.36. The fourth-order valence-electron chi connectivity index (χ4n) is 5.70. The van der Waals surface area contributed by atoms with Crippen molar-refractivity contribution < 1.29 is 75.2 Å². The summed E-state index contributed by atoms with van der Waals surface area (Å²) in [4.78, 5) is 96.2. The van der Waals surface area contributed by atoms with Gasteiger partial charge in [0.25, 0.3) is 11.8 Å². The molecule has 28 heteroatoms. The summed E-state index contributed by atoms with van der Waals surface area (Å²) in [5.41, 5.74) is -2.11. The first-order valence-electron chi connectivity index (χ1n) is 18.6. The number of phosphoric acid groups is 2. The lowest BCUT2D eigenvalue weighted by Crippen LogP contribution is -2.19. The molecule has 0 saturated heterocycles. The van der Waals surface area contributed by atoms with Crippen LogP contribution in [-0.2, 0) is 40.5 Å². The van der Waals surface area contributed by atoms with Crippen molar-refractivity contribution in [1.82, 2.24) is 39.5 Å². The van der Waals surface area contributed by atoms with Gasteiger partial charge >= 0.3 is 27.6 Å². The van der Waals surface area contributed by atoms with Crippen LogP contribution in [0.2, 0.25) is 0 Å². The lowest BCUT2D eigenvalue weighted by Gasteiger charge is -2.15. The number of aromatic nitrogens is 8. The van der Waals surface area contributed by atoms with E-state index in [0.717, 1.165) is 24.3 Å². The molecule has 0 aliphatic carbocycles. The molecule has 4 aromatic heterocycles. The van der Waals surface area contributed by atoms with Crippen LogP contribution >= 0.6 is 15.6 Å². The second kappa shape index (κ2) is 21.1. The lowest BCUT2D eigenvalue weighted by molar-refractivity contribution is 0.0421. The molecule has 2 amide bonds. The summed E-state index contributed by atoms with van der Waals surface area (Å²) < 4.78 is 74.9. The maximum atomic E-state index is 15.7. The Kier molecular flexibility index (Phi) is 15.4. The Morgan fingerprint density at radius 3 is 1.35 bits per heavy atom. The average molecular weight is 943 g/mol. The Morgan fingerprint density at radius 2 is 1.02 bits per heavy atom. The normalized spacial score (nSPS) is 11.5. The van der Waals surface area contributed by atoms with Crippen molar-refractivity contribution >= 4 is 50.8 Å². The number of hydrogen-bond acceptors (Lipinski definition) is 16. The van der Waals surface area contributed by atoms with E-state index >= 15 is 8.78 Å². The number of carbonyl (C=O) groups is 4. The monoisotopic (exact) mass is 942 g/mol. The molecule has 0 saturated carbocycles. The van der Waals surface area contributed by atoms with Crippen molar-refractivity contribution in [3.05, 3.63) is 131 Å². The van der Waals surface area contributed by atoms with Crippen molar-refractivity contribution in [1.29, 1.82) is 0 Å². The van der Waals surface area contributed by atoms with Gasteiger partial charge in [-0.15, -0.1) is 20.4 Å². The maximum Gasteiger partial charge on any atom is 0.469 e. The molecule has 0 bridgehead atoms. The van der Waals surface area contributed by atoms with Gasteiger partial charge in [0.15, 0.2) is 23.0 Å². The summed E-state index contributed by atoms with van der Waals surface area (Å²) in [6.45, 7) is -2.76. The summed E-state index contributed by atoms with van der Waals surface area (Å²) in [5, 5.41) is 20.7. The third kappa shape index (κ3) is 13.5. The minimum Gasteiger partial charge on any atom is -0.460 e. The van der Waals surface area contributed by atoms with Crippen LogP contribution in [-0.4, -0.2) is 109 Å². The number of esters is 2. The smallest absolute Gasteiger partial charge is 0.460 e. The third-order valence-electron chi connectivity index (χ3n) is 8.66. The number of rotatable bonds is 20. The number of aryl methyl sites for hydroxylation is 2.